The van der Waals surface area contributed by atoms with E-state index < -0.39 is 0 Å². The van der Waals surface area contributed by atoms with Gasteiger partial charge in [-0.25, -0.2) is 4.98 Å². The van der Waals surface area contributed by atoms with E-state index in [2.05, 4.69) is 15.3 Å². The number of fused-ring (bicyclic) bond motifs is 1. The lowest BCUT2D eigenvalue weighted by molar-refractivity contribution is 0.0975. The second-order valence-electron chi connectivity index (χ2n) is 4.44. The van der Waals surface area contributed by atoms with Gasteiger partial charge in [-0.15, -0.1) is 0 Å². The van der Waals surface area contributed by atoms with E-state index in [1.54, 1.807) is 0 Å². The first-order valence-electron chi connectivity index (χ1n) is 6.10. The minimum atomic E-state index is -0.370. The van der Waals surface area contributed by atoms with Crippen molar-refractivity contribution in [3.05, 3.63) is 34.1 Å². The third-order valence-electron chi connectivity index (χ3n) is 3.05. The molecular formula is C13H10N4O2S. The first-order chi connectivity index (χ1) is 9.67. The molecular weight excluding hydrogens is 276 g/mol. The van der Waals surface area contributed by atoms with Crippen LogP contribution in [0.1, 0.15) is 44.3 Å². The Morgan fingerprint density at radius 3 is 3.05 bits per heavy atom. The van der Waals surface area contributed by atoms with E-state index in [4.69, 9.17) is 5.26 Å². The number of H-pyrrole nitrogens is 1. The van der Waals surface area contributed by atoms with Crippen LogP contribution < -0.4 is 5.32 Å². The molecule has 0 aliphatic heterocycles. The number of thiazole rings is 1. The predicted molar refractivity (Wildman–Crippen MR) is 72.8 cm³/mol. The van der Waals surface area contributed by atoms with Crippen LogP contribution in [-0.2, 0) is 6.42 Å². The quantitative estimate of drug-likeness (QED) is 0.883. The van der Waals surface area contributed by atoms with E-state index in [1.165, 1.54) is 23.6 Å². The number of ketones is 1. The average Bonchev–Trinajstić information content (AvgIpc) is 3.05. The van der Waals surface area contributed by atoms with Crippen molar-refractivity contribution in [1.29, 1.82) is 5.26 Å². The van der Waals surface area contributed by atoms with Crippen LogP contribution in [-0.4, -0.2) is 21.7 Å². The van der Waals surface area contributed by atoms with Gasteiger partial charge in [-0.1, -0.05) is 11.3 Å². The van der Waals surface area contributed by atoms with Crippen LogP contribution in [0.25, 0.3) is 0 Å². The Labute approximate surface area is 118 Å². The van der Waals surface area contributed by atoms with Gasteiger partial charge in [-0.3, -0.25) is 14.9 Å². The Bertz CT molecular complexity index is 738. The van der Waals surface area contributed by atoms with E-state index >= 15 is 0 Å². The summed E-state index contributed by atoms with van der Waals surface area (Å²) in [5.74, 6) is -0.277. The number of aryl methyl sites for hydroxylation is 1. The molecule has 2 aromatic rings. The molecule has 1 aliphatic carbocycles. The van der Waals surface area contributed by atoms with Crippen molar-refractivity contribution < 1.29 is 9.59 Å². The van der Waals surface area contributed by atoms with Crippen molar-refractivity contribution in [1.82, 2.24) is 9.97 Å². The van der Waals surface area contributed by atoms with E-state index in [1.807, 2.05) is 6.07 Å². The summed E-state index contributed by atoms with van der Waals surface area (Å²) in [6.45, 7) is 0. The van der Waals surface area contributed by atoms with Crippen LogP contribution in [0.2, 0.25) is 0 Å². The Balaban J connectivity index is 1.80. The summed E-state index contributed by atoms with van der Waals surface area (Å²) < 4.78 is 0. The summed E-state index contributed by atoms with van der Waals surface area (Å²) in [7, 11) is 0. The number of Topliss-reactive ketones (excluding diaryl/α,β-unsaturated/α-hetero) is 1. The van der Waals surface area contributed by atoms with Gasteiger partial charge in [0.1, 0.15) is 11.8 Å². The Hall–Kier alpha value is -2.46. The maximum atomic E-state index is 12.0. The molecule has 3 rings (SSSR count). The van der Waals surface area contributed by atoms with Crippen molar-refractivity contribution in [3.8, 4) is 6.07 Å². The van der Waals surface area contributed by atoms with Gasteiger partial charge in [0.2, 0.25) is 0 Å². The zero-order valence-corrected chi connectivity index (χ0v) is 11.2. The van der Waals surface area contributed by atoms with Crippen molar-refractivity contribution in [3.63, 3.8) is 0 Å². The minimum Gasteiger partial charge on any atom is -0.356 e. The van der Waals surface area contributed by atoms with Gasteiger partial charge in [0, 0.05) is 12.6 Å². The molecule has 100 valence electrons. The number of anilines is 1. The molecule has 1 amide bonds. The summed E-state index contributed by atoms with van der Waals surface area (Å²) in [6, 6.07) is 3.41. The molecule has 0 bridgehead atoms. The van der Waals surface area contributed by atoms with Gasteiger partial charge in [-0.05, 0) is 18.9 Å². The number of aromatic amines is 1. The van der Waals surface area contributed by atoms with E-state index in [0.29, 0.717) is 27.7 Å². The smallest absolute Gasteiger partial charge is 0.273 e. The van der Waals surface area contributed by atoms with Crippen molar-refractivity contribution in [2.45, 2.75) is 19.3 Å². The zero-order valence-electron chi connectivity index (χ0n) is 10.4. The van der Waals surface area contributed by atoms with Gasteiger partial charge >= 0.3 is 0 Å². The fraction of sp³-hybridized carbons (Fsp3) is 0.231. The van der Waals surface area contributed by atoms with Crippen LogP contribution in [0.15, 0.2) is 12.3 Å². The lowest BCUT2D eigenvalue weighted by Gasteiger charge is -2.05. The maximum Gasteiger partial charge on any atom is 0.273 e. The third-order valence-corrected chi connectivity index (χ3v) is 4.10. The molecule has 0 saturated carbocycles. The summed E-state index contributed by atoms with van der Waals surface area (Å²) in [5, 5.41) is 11.8. The highest BCUT2D eigenvalue weighted by Crippen LogP contribution is 2.29. The highest BCUT2D eigenvalue weighted by Gasteiger charge is 2.23. The summed E-state index contributed by atoms with van der Waals surface area (Å²) >= 11 is 1.21. The third kappa shape index (κ3) is 2.21. The first kappa shape index (κ1) is 12.6. The van der Waals surface area contributed by atoms with Gasteiger partial charge in [-0.2, -0.15) is 5.26 Å². The SMILES string of the molecule is N#Cc1c[nH]c(C(=O)Nc2nc3c(s2)C(=O)CCC3)c1. The van der Waals surface area contributed by atoms with Gasteiger partial charge < -0.3 is 4.98 Å². The largest absolute Gasteiger partial charge is 0.356 e. The van der Waals surface area contributed by atoms with Gasteiger partial charge in [0.15, 0.2) is 10.9 Å². The molecule has 0 aromatic carbocycles. The predicted octanol–water partition coefficient (Wildman–Crippen LogP) is 2.11. The molecule has 20 heavy (non-hydrogen) atoms. The van der Waals surface area contributed by atoms with E-state index in [0.717, 1.165) is 18.5 Å². The van der Waals surface area contributed by atoms with Crippen molar-refractivity contribution in [2.75, 3.05) is 5.32 Å². The second-order valence-corrected chi connectivity index (χ2v) is 5.44. The molecule has 0 fully saturated rings. The van der Waals surface area contributed by atoms with Crippen LogP contribution in [0, 0.1) is 11.3 Å². The van der Waals surface area contributed by atoms with E-state index in [-0.39, 0.29) is 11.7 Å². The zero-order chi connectivity index (χ0) is 14.1. The highest BCUT2D eigenvalue weighted by atomic mass is 32.1. The van der Waals surface area contributed by atoms with Crippen LogP contribution >= 0.6 is 11.3 Å². The number of carbonyl (C=O) groups excluding carboxylic acids is 2. The number of nitrogens with zero attached hydrogens (tertiary/aromatic N) is 2. The molecule has 7 heteroatoms. The number of amides is 1. The number of nitriles is 1. The molecule has 1 aliphatic rings. The van der Waals surface area contributed by atoms with Crippen molar-refractivity contribution in [2.24, 2.45) is 0 Å². The molecule has 0 spiro atoms. The van der Waals surface area contributed by atoms with Crippen LogP contribution in [0.4, 0.5) is 5.13 Å². The molecule has 0 radical (unpaired) electrons. The van der Waals surface area contributed by atoms with Crippen LogP contribution in [0.5, 0.6) is 0 Å². The fourth-order valence-electron chi connectivity index (χ4n) is 2.08. The standard InChI is InChI=1S/C13H10N4O2S/c14-5-7-4-9(15-6-7)12(19)17-13-16-8-2-1-3-10(18)11(8)20-13/h4,6,15H,1-3H2,(H,16,17,19). The lowest BCUT2D eigenvalue weighted by Crippen LogP contribution is -2.12. The fourth-order valence-corrected chi connectivity index (χ4v) is 3.05. The summed E-state index contributed by atoms with van der Waals surface area (Å²) in [6.07, 6.45) is 3.59. The molecule has 0 saturated heterocycles. The Kier molecular flexibility index (Phi) is 3.08. The highest BCUT2D eigenvalue weighted by molar-refractivity contribution is 7.17. The van der Waals surface area contributed by atoms with Crippen molar-refractivity contribution >= 4 is 28.2 Å². The van der Waals surface area contributed by atoms with Gasteiger partial charge in [0.25, 0.3) is 5.91 Å². The topological polar surface area (TPSA) is 98.6 Å². The number of hydrogen-bond donors (Lipinski definition) is 2. The monoisotopic (exact) mass is 286 g/mol. The number of rotatable bonds is 2. The van der Waals surface area contributed by atoms with Gasteiger partial charge in [0.05, 0.1) is 16.1 Å². The molecule has 2 aromatic heterocycles. The Morgan fingerprint density at radius 1 is 1.50 bits per heavy atom. The molecule has 6 nitrogen and oxygen atoms in total. The first-order valence-corrected chi connectivity index (χ1v) is 6.92. The second kappa shape index (κ2) is 4.90. The Morgan fingerprint density at radius 2 is 2.35 bits per heavy atom. The average molecular weight is 286 g/mol. The number of nitrogens with one attached hydrogen (secondary N) is 2. The molecule has 2 N–H and O–H groups in total. The summed E-state index contributed by atoms with van der Waals surface area (Å²) in [5.41, 5.74) is 1.45. The molecule has 0 unspecified atom stereocenters. The van der Waals surface area contributed by atoms with Crippen LogP contribution in [0.3, 0.4) is 0 Å². The normalized spacial score (nSPS) is 13.7. The maximum absolute atomic E-state index is 12.0. The summed E-state index contributed by atoms with van der Waals surface area (Å²) in [4.78, 5) is 31.3. The lowest BCUT2D eigenvalue weighted by atomic mass is 10.0. The number of carbonyl (C=O) groups is 2. The number of aromatic nitrogens is 2. The number of hydrogen-bond acceptors (Lipinski definition) is 5. The molecule has 0 atom stereocenters. The molecule has 2 heterocycles. The minimum absolute atomic E-state index is 0.0934. The van der Waals surface area contributed by atoms with E-state index in [9.17, 15) is 9.59 Å².